The van der Waals surface area contributed by atoms with Gasteiger partial charge in [-0.05, 0) is 43.7 Å². The highest BCUT2D eigenvalue weighted by Crippen LogP contribution is 2.38. The normalized spacial score (nSPS) is 12.1. The van der Waals surface area contributed by atoms with Crippen molar-refractivity contribution in [2.75, 3.05) is 12.4 Å². The largest absolute Gasteiger partial charge is 0.507 e. The number of nitrogens with one attached hydrogen (secondary N) is 1. The number of ether oxygens (including phenoxy) is 1. The summed E-state index contributed by atoms with van der Waals surface area (Å²) >= 11 is 0. The molecule has 0 atom stereocenters. The summed E-state index contributed by atoms with van der Waals surface area (Å²) in [5.41, 5.74) is 1.16. The van der Waals surface area contributed by atoms with E-state index in [1.54, 1.807) is 24.3 Å². The third-order valence-corrected chi connectivity index (χ3v) is 3.99. The molecule has 2 aromatic carbocycles. The number of carbonyl (C=O) groups is 1. The van der Waals surface area contributed by atoms with Gasteiger partial charge in [-0.2, -0.15) is 0 Å². The number of hydrogen-bond donors (Lipinski definition) is 2. The average molecular weight is 373 g/mol. The second kappa shape index (κ2) is 8.49. The molecule has 0 bridgehead atoms. The van der Waals surface area contributed by atoms with Gasteiger partial charge in [0.05, 0.1) is 12.7 Å². The van der Waals surface area contributed by atoms with Crippen molar-refractivity contribution in [1.29, 1.82) is 0 Å². The van der Waals surface area contributed by atoms with Crippen LogP contribution >= 0.6 is 0 Å². The van der Waals surface area contributed by atoms with Gasteiger partial charge < -0.3 is 15.2 Å². The Morgan fingerprint density at radius 2 is 1.81 bits per heavy atom. The number of hydrogen-bond acceptors (Lipinski definition) is 3. The Labute approximate surface area is 156 Å². The molecule has 0 fully saturated rings. The predicted molar refractivity (Wildman–Crippen MR) is 102 cm³/mol. The minimum Gasteiger partial charge on any atom is -0.507 e. The number of carbonyl (C=O) groups excluding carboxylic acids is 1. The van der Waals surface area contributed by atoms with Crippen LogP contribution in [0.5, 0.6) is 5.75 Å². The van der Waals surface area contributed by atoms with E-state index < -0.39 is 23.2 Å². The number of para-hydroxylation sites is 1. The van der Waals surface area contributed by atoms with E-state index in [2.05, 4.69) is 5.32 Å². The van der Waals surface area contributed by atoms with Crippen molar-refractivity contribution in [3.05, 3.63) is 65.3 Å². The number of anilines is 1. The molecule has 2 N–H and O–H groups in total. The summed E-state index contributed by atoms with van der Waals surface area (Å²) in [4.78, 5) is 11.1. The SMILES string of the molecule is C/C=C(C)\C=C(/OC)c1cccc(-c2cc(F)c(NC(C)=O)c(F)c2)c1O. The summed E-state index contributed by atoms with van der Waals surface area (Å²) in [6, 6.07) is 6.96. The Bertz CT molecular complexity index is 910. The topological polar surface area (TPSA) is 58.6 Å². The van der Waals surface area contributed by atoms with Crippen molar-refractivity contribution in [3.8, 4) is 16.9 Å². The van der Waals surface area contributed by atoms with E-state index in [9.17, 15) is 18.7 Å². The van der Waals surface area contributed by atoms with Crippen LogP contribution in [0.25, 0.3) is 16.9 Å². The first-order valence-corrected chi connectivity index (χ1v) is 8.26. The Kier molecular flexibility index (Phi) is 6.34. The van der Waals surface area contributed by atoms with Crippen LogP contribution in [0.15, 0.2) is 48.1 Å². The van der Waals surface area contributed by atoms with E-state index >= 15 is 0 Å². The molecule has 0 saturated carbocycles. The molecule has 0 aliphatic carbocycles. The summed E-state index contributed by atoms with van der Waals surface area (Å²) in [7, 11) is 1.47. The standard InChI is InChI=1S/C21H21F2NO3/c1-5-12(2)9-19(27-4)16-8-6-7-15(21(16)26)14-10-17(22)20(18(23)11-14)24-13(3)25/h5-11,26H,1-4H3,(H,24,25)/b12-5-,19-9-. The van der Waals surface area contributed by atoms with Crippen LogP contribution in [0.4, 0.5) is 14.5 Å². The fraction of sp³-hybridized carbons (Fsp3) is 0.190. The molecule has 0 unspecified atom stereocenters. The van der Waals surface area contributed by atoms with Crippen LogP contribution in [0.1, 0.15) is 26.3 Å². The quantitative estimate of drug-likeness (QED) is 0.556. The lowest BCUT2D eigenvalue weighted by atomic mass is 9.99. The molecule has 2 aromatic rings. The zero-order valence-electron chi connectivity index (χ0n) is 15.6. The van der Waals surface area contributed by atoms with E-state index in [4.69, 9.17) is 4.74 Å². The van der Waals surface area contributed by atoms with E-state index in [-0.39, 0.29) is 16.9 Å². The maximum Gasteiger partial charge on any atom is 0.221 e. The smallest absolute Gasteiger partial charge is 0.221 e. The van der Waals surface area contributed by atoms with Crippen LogP contribution < -0.4 is 5.32 Å². The summed E-state index contributed by atoms with van der Waals surface area (Å²) in [5, 5.41) is 12.8. The zero-order valence-corrected chi connectivity index (χ0v) is 15.6. The van der Waals surface area contributed by atoms with Gasteiger partial charge in [0.15, 0.2) is 0 Å². The number of rotatable bonds is 5. The van der Waals surface area contributed by atoms with Crippen molar-refractivity contribution in [3.63, 3.8) is 0 Å². The van der Waals surface area contributed by atoms with Gasteiger partial charge in [-0.15, -0.1) is 0 Å². The summed E-state index contributed by atoms with van der Waals surface area (Å²) in [5.74, 6) is -2.20. The minimum atomic E-state index is -0.933. The first kappa shape index (κ1) is 20.2. The number of allylic oxidation sites excluding steroid dienone is 3. The second-order valence-electron chi connectivity index (χ2n) is 5.94. The summed E-state index contributed by atoms with van der Waals surface area (Å²) < 4.78 is 33.9. The molecule has 0 aliphatic heterocycles. The van der Waals surface area contributed by atoms with E-state index in [0.717, 1.165) is 24.6 Å². The van der Waals surface area contributed by atoms with Crippen molar-refractivity contribution >= 4 is 17.4 Å². The van der Waals surface area contributed by atoms with Gasteiger partial charge in [-0.1, -0.05) is 23.8 Å². The van der Waals surface area contributed by atoms with Crippen molar-refractivity contribution in [2.45, 2.75) is 20.8 Å². The average Bonchev–Trinajstić information content (AvgIpc) is 2.62. The fourth-order valence-electron chi connectivity index (χ4n) is 2.54. The van der Waals surface area contributed by atoms with Crippen LogP contribution in [-0.2, 0) is 9.53 Å². The van der Waals surface area contributed by atoms with Gasteiger partial charge >= 0.3 is 0 Å². The molecule has 6 heteroatoms. The monoisotopic (exact) mass is 373 g/mol. The Hall–Kier alpha value is -3.15. The van der Waals surface area contributed by atoms with Gasteiger partial charge in [0.1, 0.15) is 28.8 Å². The number of amides is 1. The Balaban J connectivity index is 2.58. The Morgan fingerprint density at radius 3 is 2.33 bits per heavy atom. The number of phenolic OH excluding ortho intramolecular Hbond substituents is 1. The third kappa shape index (κ3) is 4.53. The lowest BCUT2D eigenvalue weighted by Gasteiger charge is -2.14. The van der Waals surface area contributed by atoms with Crippen molar-refractivity contribution in [1.82, 2.24) is 0 Å². The van der Waals surface area contributed by atoms with Gasteiger partial charge in [0.25, 0.3) is 0 Å². The molecule has 0 heterocycles. The lowest BCUT2D eigenvalue weighted by molar-refractivity contribution is -0.114. The predicted octanol–water partition coefficient (Wildman–Crippen LogP) is 5.25. The van der Waals surface area contributed by atoms with Crippen molar-refractivity contribution in [2.24, 2.45) is 0 Å². The number of phenols is 1. The maximum absolute atomic E-state index is 14.3. The molecule has 0 aliphatic rings. The molecular formula is C21H21F2NO3. The van der Waals surface area contributed by atoms with Gasteiger partial charge in [0.2, 0.25) is 5.91 Å². The fourth-order valence-corrected chi connectivity index (χ4v) is 2.54. The van der Waals surface area contributed by atoms with E-state index in [0.29, 0.717) is 11.3 Å². The third-order valence-electron chi connectivity index (χ3n) is 3.99. The number of benzene rings is 2. The van der Waals surface area contributed by atoms with Crippen LogP contribution in [0.3, 0.4) is 0 Å². The molecule has 0 aromatic heterocycles. The molecule has 27 heavy (non-hydrogen) atoms. The van der Waals surface area contributed by atoms with E-state index in [1.807, 2.05) is 19.9 Å². The second-order valence-corrected chi connectivity index (χ2v) is 5.94. The first-order valence-electron chi connectivity index (χ1n) is 8.26. The lowest BCUT2D eigenvalue weighted by Crippen LogP contribution is -2.09. The highest BCUT2D eigenvalue weighted by atomic mass is 19.1. The first-order chi connectivity index (χ1) is 12.8. The molecule has 4 nitrogen and oxygen atoms in total. The molecule has 0 saturated heterocycles. The summed E-state index contributed by atoms with van der Waals surface area (Å²) in [6.07, 6.45) is 3.63. The van der Waals surface area contributed by atoms with E-state index in [1.165, 1.54) is 7.11 Å². The number of halogens is 2. The Morgan fingerprint density at radius 1 is 1.19 bits per heavy atom. The molecule has 0 radical (unpaired) electrons. The van der Waals surface area contributed by atoms with Gasteiger partial charge in [-0.3, -0.25) is 4.79 Å². The molecule has 0 spiro atoms. The zero-order chi connectivity index (χ0) is 20.1. The molecule has 1 amide bonds. The van der Waals surface area contributed by atoms with Gasteiger partial charge in [-0.25, -0.2) is 8.78 Å². The number of aromatic hydroxyl groups is 1. The maximum atomic E-state index is 14.3. The van der Waals surface area contributed by atoms with Crippen LogP contribution in [-0.4, -0.2) is 18.1 Å². The van der Waals surface area contributed by atoms with Gasteiger partial charge in [0, 0.05) is 12.5 Å². The number of methoxy groups -OCH3 is 1. The molecule has 142 valence electrons. The molecular weight excluding hydrogens is 352 g/mol. The van der Waals surface area contributed by atoms with Crippen LogP contribution in [0.2, 0.25) is 0 Å². The van der Waals surface area contributed by atoms with Crippen LogP contribution in [0, 0.1) is 11.6 Å². The minimum absolute atomic E-state index is 0.136. The summed E-state index contributed by atoms with van der Waals surface area (Å²) in [6.45, 7) is 4.91. The molecule has 2 rings (SSSR count). The highest BCUT2D eigenvalue weighted by molar-refractivity contribution is 5.89. The highest BCUT2D eigenvalue weighted by Gasteiger charge is 2.17. The van der Waals surface area contributed by atoms with Crippen molar-refractivity contribution < 1.29 is 23.4 Å².